The summed E-state index contributed by atoms with van der Waals surface area (Å²) in [6.45, 7) is 6.62. The number of benzene rings is 3. The van der Waals surface area contributed by atoms with Gasteiger partial charge in [-0.05, 0) is 54.4 Å². The summed E-state index contributed by atoms with van der Waals surface area (Å²) < 4.78 is 38.7. The van der Waals surface area contributed by atoms with Crippen LogP contribution in [0.4, 0.5) is 18.9 Å². The van der Waals surface area contributed by atoms with E-state index in [0.29, 0.717) is 11.1 Å². The molecule has 3 aromatic rings. The molecule has 34 heavy (non-hydrogen) atoms. The van der Waals surface area contributed by atoms with E-state index in [4.69, 9.17) is 0 Å². The van der Waals surface area contributed by atoms with Crippen molar-refractivity contribution < 1.29 is 18.0 Å². The second-order valence-electron chi connectivity index (χ2n) is 8.68. The van der Waals surface area contributed by atoms with Crippen molar-refractivity contribution >= 4 is 11.6 Å². The first-order valence-electron chi connectivity index (χ1n) is 11.4. The molecule has 178 valence electrons. The Morgan fingerprint density at radius 2 is 1.56 bits per heavy atom. The van der Waals surface area contributed by atoms with Crippen molar-refractivity contribution in [3.8, 4) is 0 Å². The number of amides is 1. The van der Waals surface area contributed by atoms with E-state index < -0.39 is 11.7 Å². The molecule has 0 aliphatic carbocycles. The van der Waals surface area contributed by atoms with Crippen molar-refractivity contribution in [1.29, 1.82) is 0 Å². The Labute approximate surface area is 198 Å². The minimum absolute atomic E-state index is 0.0357. The van der Waals surface area contributed by atoms with Crippen molar-refractivity contribution in [3.05, 3.63) is 101 Å². The number of carbonyl (C=O) groups is 1. The van der Waals surface area contributed by atoms with E-state index in [1.165, 1.54) is 17.3 Å². The highest BCUT2D eigenvalue weighted by atomic mass is 19.4. The van der Waals surface area contributed by atoms with Crippen LogP contribution < -0.4 is 10.2 Å². The van der Waals surface area contributed by atoms with Gasteiger partial charge in [0, 0.05) is 50.5 Å². The van der Waals surface area contributed by atoms with Crippen LogP contribution in [-0.4, -0.2) is 37.0 Å². The predicted molar refractivity (Wildman–Crippen MR) is 128 cm³/mol. The van der Waals surface area contributed by atoms with Gasteiger partial charge < -0.3 is 10.2 Å². The van der Waals surface area contributed by atoms with Gasteiger partial charge in [0.15, 0.2) is 0 Å². The molecule has 1 N–H and O–H groups in total. The van der Waals surface area contributed by atoms with Gasteiger partial charge in [-0.2, -0.15) is 13.2 Å². The molecule has 0 aromatic heterocycles. The van der Waals surface area contributed by atoms with Crippen LogP contribution in [0.15, 0.2) is 72.8 Å². The molecule has 0 atom stereocenters. The van der Waals surface area contributed by atoms with Crippen molar-refractivity contribution in [2.45, 2.75) is 26.2 Å². The molecular formula is C27H28F3N3O. The van der Waals surface area contributed by atoms with Gasteiger partial charge in [0.25, 0.3) is 5.91 Å². The summed E-state index contributed by atoms with van der Waals surface area (Å²) >= 11 is 0. The number of halogens is 3. The van der Waals surface area contributed by atoms with E-state index >= 15 is 0 Å². The Kier molecular flexibility index (Phi) is 7.22. The lowest BCUT2D eigenvalue weighted by molar-refractivity contribution is -0.137. The van der Waals surface area contributed by atoms with E-state index in [2.05, 4.69) is 46.3 Å². The standard InChI is InChI=1S/C27H28F3N3O/c1-20-8-10-25(11-9-20)33-14-12-32(13-15-33)19-22-5-2-6-23(16-22)26(34)31-18-21-4-3-7-24(17-21)27(28,29)30/h2-11,16-17H,12-15,18-19H2,1H3,(H,31,34). The fourth-order valence-electron chi connectivity index (χ4n) is 4.13. The first-order valence-corrected chi connectivity index (χ1v) is 11.4. The number of aryl methyl sites for hydroxylation is 1. The maximum absolute atomic E-state index is 12.9. The quantitative estimate of drug-likeness (QED) is 0.537. The summed E-state index contributed by atoms with van der Waals surface area (Å²) in [7, 11) is 0. The molecule has 4 nitrogen and oxygen atoms in total. The van der Waals surface area contributed by atoms with Crippen LogP contribution in [0, 0.1) is 6.92 Å². The molecule has 7 heteroatoms. The lowest BCUT2D eigenvalue weighted by Gasteiger charge is -2.36. The number of nitrogens with one attached hydrogen (secondary N) is 1. The molecule has 1 heterocycles. The Balaban J connectivity index is 1.31. The summed E-state index contributed by atoms with van der Waals surface area (Å²) in [5, 5.41) is 2.73. The van der Waals surface area contributed by atoms with Crippen LogP contribution in [-0.2, 0) is 19.3 Å². The Morgan fingerprint density at radius 3 is 2.26 bits per heavy atom. The second kappa shape index (κ2) is 10.3. The zero-order chi connectivity index (χ0) is 24.1. The molecule has 1 aliphatic rings. The average molecular weight is 468 g/mol. The molecule has 1 amide bonds. The largest absolute Gasteiger partial charge is 0.416 e. The van der Waals surface area contributed by atoms with E-state index in [1.807, 2.05) is 18.2 Å². The third kappa shape index (κ3) is 6.17. The topological polar surface area (TPSA) is 35.6 Å². The van der Waals surface area contributed by atoms with Gasteiger partial charge in [-0.3, -0.25) is 9.69 Å². The second-order valence-corrected chi connectivity index (χ2v) is 8.68. The van der Waals surface area contributed by atoms with Crippen LogP contribution in [0.3, 0.4) is 0 Å². The zero-order valence-electron chi connectivity index (χ0n) is 19.1. The highest BCUT2D eigenvalue weighted by molar-refractivity contribution is 5.94. The van der Waals surface area contributed by atoms with Gasteiger partial charge in [0.2, 0.25) is 0 Å². The molecule has 1 aliphatic heterocycles. The van der Waals surface area contributed by atoms with Gasteiger partial charge in [-0.25, -0.2) is 0 Å². The fraction of sp³-hybridized carbons (Fsp3) is 0.296. The van der Waals surface area contributed by atoms with Crippen LogP contribution in [0.2, 0.25) is 0 Å². The minimum atomic E-state index is -4.40. The predicted octanol–water partition coefficient (Wildman–Crippen LogP) is 5.27. The lowest BCUT2D eigenvalue weighted by Crippen LogP contribution is -2.46. The molecule has 0 saturated carbocycles. The molecule has 0 radical (unpaired) electrons. The van der Waals surface area contributed by atoms with Crippen molar-refractivity contribution in [1.82, 2.24) is 10.2 Å². The summed E-state index contributed by atoms with van der Waals surface area (Å²) in [6, 6.07) is 21.0. The monoisotopic (exact) mass is 467 g/mol. The van der Waals surface area contributed by atoms with Crippen molar-refractivity contribution in [2.24, 2.45) is 0 Å². The zero-order valence-corrected chi connectivity index (χ0v) is 19.1. The van der Waals surface area contributed by atoms with E-state index in [1.54, 1.807) is 12.1 Å². The fourth-order valence-corrected chi connectivity index (χ4v) is 4.13. The lowest BCUT2D eigenvalue weighted by atomic mass is 10.1. The molecule has 1 saturated heterocycles. The molecule has 4 rings (SSSR count). The molecule has 1 fully saturated rings. The Morgan fingerprint density at radius 1 is 0.882 bits per heavy atom. The number of carbonyl (C=O) groups excluding carboxylic acids is 1. The number of nitrogens with zero attached hydrogens (tertiary/aromatic N) is 2. The van der Waals surface area contributed by atoms with E-state index in [-0.39, 0.29) is 12.5 Å². The summed E-state index contributed by atoms with van der Waals surface area (Å²) in [5.74, 6) is -0.302. The van der Waals surface area contributed by atoms with Gasteiger partial charge in [-0.15, -0.1) is 0 Å². The summed E-state index contributed by atoms with van der Waals surface area (Å²) in [6.07, 6.45) is -4.40. The number of hydrogen-bond donors (Lipinski definition) is 1. The molecule has 3 aromatic carbocycles. The van der Waals surface area contributed by atoms with Crippen LogP contribution in [0.1, 0.15) is 32.6 Å². The number of rotatable bonds is 6. The van der Waals surface area contributed by atoms with Crippen LogP contribution >= 0.6 is 0 Å². The highest BCUT2D eigenvalue weighted by Crippen LogP contribution is 2.29. The van der Waals surface area contributed by atoms with Gasteiger partial charge >= 0.3 is 6.18 Å². The first kappa shape index (κ1) is 23.8. The molecule has 0 unspecified atom stereocenters. The van der Waals surface area contributed by atoms with Gasteiger partial charge in [0.1, 0.15) is 0 Å². The summed E-state index contributed by atoms with van der Waals surface area (Å²) in [4.78, 5) is 17.4. The normalized spacial score (nSPS) is 14.8. The highest BCUT2D eigenvalue weighted by Gasteiger charge is 2.30. The maximum atomic E-state index is 12.9. The van der Waals surface area contributed by atoms with E-state index in [9.17, 15) is 18.0 Å². The SMILES string of the molecule is Cc1ccc(N2CCN(Cc3cccc(C(=O)NCc4cccc(C(F)(F)F)c4)c3)CC2)cc1. The van der Waals surface area contributed by atoms with E-state index in [0.717, 1.165) is 50.4 Å². The first-order chi connectivity index (χ1) is 16.3. The smallest absolute Gasteiger partial charge is 0.369 e. The number of anilines is 1. The minimum Gasteiger partial charge on any atom is -0.369 e. The molecule has 0 spiro atoms. The molecule has 0 bridgehead atoms. The van der Waals surface area contributed by atoms with Crippen molar-refractivity contribution in [2.75, 3.05) is 31.1 Å². The number of piperazine rings is 1. The third-order valence-electron chi connectivity index (χ3n) is 6.07. The van der Waals surface area contributed by atoms with Gasteiger partial charge in [-0.1, -0.05) is 42.0 Å². The van der Waals surface area contributed by atoms with Crippen LogP contribution in [0.5, 0.6) is 0 Å². The number of hydrogen-bond acceptors (Lipinski definition) is 3. The summed E-state index contributed by atoms with van der Waals surface area (Å²) in [5.41, 5.74) is 3.72. The number of alkyl halides is 3. The molecular weight excluding hydrogens is 439 g/mol. The maximum Gasteiger partial charge on any atom is 0.416 e. The van der Waals surface area contributed by atoms with Crippen LogP contribution in [0.25, 0.3) is 0 Å². The Hall–Kier alpha value is -3.32. The van der Waals surface area contributed by atoms with Gasteiger partial charge in [0.05, 0.1) is 5.56 Å². The Bertz CT molecular complexity index is 1120. The third-order valence-corrected chi connectivity index (χ3v) is 6.07. The average Bonchev–Trinajstić information content (AvgIpc) is 2.83. The van der Waals surface area contributed by atoms with Crippen molar-refractivity contribution in [3.63, 3.8) is 0 Å².